The number of nitrogens with two attached hydrogens (primary N) is 1. The van der Waals surface area contributed by atoms with Crippen LogP contribution in [0.5, 0.6) is 0 Å². The summed E-state index contributed by atoms with van der Waals surface area (Å²) >= 11 is 0. The van der Waals surface area contributed by atoms with Gasteiger partial charge in [0.1, 0.15) is 0 Å². The summed E-state index contributed by atoms with van der Waals surface area (Å²) in [6.45, 7) is 1.95. The third kappa shape index (κ3) is 2.39. The number of nitrogens with zero attached hydrogens (tertiary/aromatic N) is 1. The molecule has 76 valence electrons. The van der Waals surface area contributed by atoms with E-state index < -0.39 is 0 Å². The van der Waals surface area contributed by atoms with E-state index in [1.54, 1.807) is 20.2 Å². The minimum atomic E-state index is -0.180. The summed E-state index contributed by atoms with van der Waals surface area (Å²) in [5, 5.41) is 2.70. The highest BCUT2D eigenvalue weighted by Crippen LogP contribution is 2.19. The normalized spacial score (nSPS) is 9.64. The van der Waals surface area contributed by atoms with E-state index in [2.05, 4.69) is 5.32 Å². The van der Waals surface area contributed by atoms with Crippen LogP contribution in [0.1, 0.15) is 5.56 Å². The molecule has 0 aromatic heterocycles. The average molecular weight is 193 g/mol. The van der Waals surface area contributed by atoms with Gasteiger partial charge in [-0.3, -0.25) is 0 Å². The fourth-order valence-electron chi connectivity index (χ4n) is 1.02. The number of hydrogen-bond acceptors (Lipinski definition) is 2. The molecule has 0 saturated carbocycles. The molecule has 0 aliphatic carbocycles. The Morgan fingerprint density at radius 1 is 1.43 bits per heavy atom. The summed E-state index contributed by atoms with van der Waals surface area (Å²) in [5.41, 5.74) is 8.04. The Morgan fingerprint density at radius 2 is 2.07 bits per heavy atom. The number of anilines is 2. The van der Waals surface area contributed by atoms with Gasteiger partial charge in [-0.15, -0.1) is 0 Å². The van der Waals surface area contributed by atoms with Gasteiger partial charge in [0.2, 0.25) is 0 Å². The number of amides is 2. The predicted octanol–water partition coefficient (Wildman–Crippen LogP) is 1.67. The zero-order valence-corrected chi connectivity index (χ0v) is 8.66. The van der Waals surface area contributed by atoms with Crippen molar-refractivity contribution in [2.24, 2.45) is 0 Å². The van der Waals surface area contributed by atoms with E-state index in [0.29, 0.717) is 11.4 Å². The van der Waals surface area contributed by atoms with Crippen molar-refractivity contribution in [2.45, 2.75) is 6.92 Å². The van der Waals surface area contributed by atoms with Crippen LogP contribution >= 0.6 is 0 Å². The zero-order chi connectivity index (χ0) is 10.7. The number of aryl methyl sites for hydroxylation is 1. The molecule has 1 rings (SSSR count). The van der Waals surface area contributed by atoms with Crippen molar-refractivity contribution in [2.75, 3.05) is 25.1 Å². The Hall–Kier alpha value is -1.71. The molecule has 0 unspecified atom stereocenters. The molecule has 3 N–H and O–H groups in total. The molecule has 0 spiro atoms. The largest absolute Gasteiger partial charge is 0.397 e. The van der Waals surface area contributed by atoms with Crippen LogP contribution < -0.4 is 11.1 Å². The number of hydrogen-bond donors (Lipinski definition) is 2. The van der Waals surface area contributed by atoms with Crippen molar-refractivity contribution in [3.8, 4) is 0 Å². The average Bonchev–Trinajstić information content (AvgIpc) is 2.09. The van der Waals surface area contributed by atoms with Crippen LogP contribution in [0.25, 0.3) is 0 Å². The maximum Gasteiger partial charge on any atom is 0.321 e. The highest BCUT2D eigenvalue weighted by molar-refractivity contribution is 5.92. The lowest BCUT2D eigenvalue weighted by Crippen LogP contribution is -2.27. The number of nitrogens with one attached hydrogen (secondary N) is 1. The van der Waals surface area contributed by atoms with Gasteiger partial charge in [0.05, 0.1) is 11.4 Å². The fourth-order valence-corrected chi connectivity index (χ4v) is 1.02. The smallest absolute Gasteiger partial charge is 0.321 e. The first-order valence-electron chi connectivity index (χ1n) is 4.35. The molecule has 4 nitrogen and oxygen atoms in total. The summed E-state index contributed by atoms with van der Waals surface area (Å²) in [5.74, 6) is 0. The second-order valence-electron chi connectivity index (χ2n) is 3.42. The molecule has 0 fully saturated rings. The summed E-state index contributed by atoms with van der Waals surface area (Å²) in [6.07, 6.45) is 0. The van der Waals surface area contributed by atoms with E-state index in [-0.39, 0.29) is 6.03 Å². The van der Waals surface area contributed by atoms with E-state index in [1.165, 1.54) is 4.90 Å². The fraction of sp³-hybridized carbons (Fsp3) is 0.300. The number of carbonyl (C=O) groups is 1. The lowest BCUT2D eigenvalue weighted by molar-refractivity contribution is 0.230. The molecular weight excluding hydrogens is 178 g/mol. The van der Waals surface area contributed by atoms with Crippen molar-refractivity contribution in [1.82, 2.24) is 4.90 Å². The van der Waals surface area contributed by atoms with Crippen LogP contribution in [0.4, 0.5) is 16.2 Å². The van der Waals surface area contributed by atoms with E-state index in [9.17, 15) is 4.79 Å². The zero-order valence-electron chi connectivity index (χ0n) is 8.66. The molecule has 0 aliphatic rings. The van der Waals surface area contributed by atoms with Gasteiger partial charge < -0.3 is 16.0 Å². The van der Waals surface area contributed by atoms with Gasteiger partial charge in [-0.05, 0) is 24.6 Å². The molecule has 1 aromatic carbocycles. The molecule has 2 amide bonds. The number of benzene rings is 1. The Morgan fingerprint density at radius 3 is 2.57 bits per heavy atom. The minimum absolute atomic E-state index is 0.180. The van der Waals surface area contributed by atoms with Gasteiger partial charge in [0, 0.05) is 14.1 Å². The van der Waals surface area contributed by atoms with Crippen LogP contribution in [-0.4, -0.2) is 25.0 Å². The second-order valence-corrected chi connectivity index (χ2v) is 3.42. The van der Waals surface area contributed by atoms with Crippen molar-refractivity contribution in [3.05, 3.63) is 23.8 Å². The number of carbonyl (C=O) groups excluding carboxylic acids is 1. The maximum absolute atomic E-state index is 11.3. The lowest BCUT2D eigenvalue weighted by atomic mass is 10.2. The van der Waals surface area contributed by atoms with Gasteiger partial charge in [-0.1, -0.05) is 6.07 Å². The van der Waals surface area contributed by atoms with Gasteiger partial charge in [-0.25, -0.2) is 4.79 Å². The SMILES string of the molecule is Cc1ccc(NC(=O)N(C)C)c(N)c1. The third-order valence-electron chi connectivity index (χ3n) is 1.85. The number of urea groups is 1. The molecule has 0 atom stereocenters. The Balaban J connectivity index is 2.82. The maximum atomic E-state index is 11.3. The highest BCUT2D eigenvalue weighted by Gasteiger charge is 2.05. The van der Waals surface area contributed by atoms with Gasteiger partial charge >= 0.3 is 6.03 Å². The van der Waals surface area contributed by atoms with Crippen LogP contribution in [0.2, 0.25) is 0 Å². The van der Waals surface area contributed by atoms with E-state index in [4.69, 9.17) is 5.73 Å². The van der Waals surface area contributed by atoms with Gasteiger partial charge in [0.15, 0.2) is 0 Å². The summed E-state index contributed by atoms with van der Waals surface area (Å²) < 4.78 is 0. The van der Waals surface area contributed by atoms with E-state index in [0.717, 1.165) is 5.56 Å². The molecule has 1 aromatic rings. The van der Waals surface area contributed by atoms with E-state index in [1.807, 2.05) is 19.1 Å². The molecular formula is C10H15N3O. The van der Waals surface area contributed by atoms with E-state index >= 15 is 0 Å². The molecule has 0 saturated heterocycles. The minimum Gasteiger partial charge on any atom is -0.397 e. The lowest BCUT2D eigenvalue weighted by Gasteiger charge is -2.13. The molecule has 0 aliphatic heterocycles. The number of nitrogen functional groups attached to an aromatic ring is 1. The third-order valence-corrected chi connectivity index (χ3v) is 1.85. The number of rotatable bonds is 1. The molecule has 0 bridgehead atoms. The Labute approximate surface area is 83.7 Å². The molecule has 4 heteroatoms. The van der Waals surface area contributed by atoms with Crippen molar-refractivity contribution in [3.63, 3.8) is 0 Å². The standard InChI is InChI=1S/C10H15N3O/c1-7-4-5-9(8(11)6-7)12-10(14)13(2)3/h4-6H,11H2,1-3H3,(H,12,14). The Kier molecular flexibility index (Phi) is 2.96. The monoisotopic (exact) mass is 193 g/mol. The summed E-state index contributed by atoms with van der Waals surface area (Å²) in [4.78, 5) is 12.8. The van der Waals surface area contributed by atoms with Crippen LogP contribution in [0, 0.1) is 6.92 Å². The highest BCUT2D eigenvalue weighted by atomic mass is 16.2. The summed E-state index contributed by atoms with van der Waals surface area (Å²) in [6, 6.07) is 5.35. The Bertz CT molecular complexity index is 347. The van der Waals surface area contributed by atoms with Crippen LogP contribution in [-0.2, 0) is 0 Å². The molecule has 0 radical (unpaired) electrons. The van der Waals surface area contributed by atoms with Crippen molar-refractivity contribution >= 4 is 17.4 Å². The van der Waals surface area contributed by atoms with Crippen LogP contribution in [0.3, 0.4) is 0 Å². The van der Waals surface area contributed by atoms with Gasteiger partial charge in [-0.2, -0.15) is 0 Å². The first-order chi connectivity index (χ1) is 6.50. The quantitative estimate of drug-likeness (QED) is 0.666. The molecule has 14 heavy (non-hydrogen) atoms. The second kappa shape index (κ2) is 4.00. The predicted molar refractivity (Wildman–Crippen MR) is 58.3 cm³/mol. The first-order valence-corrected chi connectivity index (χ1v) is 4.35. The van der Waals surface area contributed by atoms with Crippen molar-refractivity contribution in [1.29, 1.82) is 0 Å². The van der Waals surface area contributed by atoms with Crippen molar-refractivity contribution < 1.29 is 4.79 Å². The van der Waals surface area contributed by atoms with Crippen LogP contribution in [0.15, 0.2) is 18.2 Å². The first kappa shape index (κ1) is 10.4. The summed E-state index contributed by atoms with van der Waals surface area (Å²) in [7, 11) is 3.36. The molecule has 0 heterocycles. The topological polar surface area (TPSA) is 58.4 Å². The van der Waals surface area contributed by atoms with Gasteiger partial charge in [0.25, 0.3) is 0 Å².